The normalized spacial score (nSPS) is 9.92. The summed E-state index contributed by atoms with van der Waals surface area (Å²) in [7, 11) is 0. The summed E-state index contributed by atoms with van der Waals surface area (Å²) in [5.74, 6) is -0.423. The molecule has 1 nitrogen and oxygen atoms in total. The van der Waals surface area contributed by atoms with Gasteiger partial charge in [-0.25, -0.2) is 4.39 Å². The summed E-state index contributed by atoms with van der Waals surface area (Å²) in [6.45, 7) is 1.43. The molecule has 0 heterocycles. The number of ketones is 1. The highest BCUT2D eigenvalue weighted by Gasteiger charge is 2.07. The minimum Gasteiger partial charge on any atom is -0.300 e. The smallest absolute Gasteiger partial charge is 0.134 e. The van der Waals surface area contributed by atoms with E-state index in [9.17, 15) is 9.18 Å². The Labute approximate surface area is 76.0 Å². The van der Waals surface area contributed by atoms with Crippen molar-refractivity contribution in [2.45, 2.75) is 18.2 Å². The Hall–Kier alpha value is -0.830. The second-order valence-corrected chi connectivity index (χ2v) is 3.10. The van der Waals surface area contributed by atoms with E-state index in [1.54, 1.807) is 12.1 Å². The van der Waals surface area contributed by atoms with Gasteiger partial charge in [-0.3, -0.25) is 4.79 Å². The van der Waals surface area contributed by atoms with Crippen LogP contribution in [0.5, 0.6) is 0 Å². The first-order chi connectivity index (χ1) is 5.61. The molecular formula is C9H9FOS. The van der Waals surface area contributed by atoms with E-state index in [2.05, 4.69) is 12.6 Å². The summed E-state index contributed by atoms with van der Waals surface area (Å²) in [6.07, 6.45) is 0.117. The first kappa shape index (κ1) is 9.26. The largest absolute Gasteiger partial charge is 0.300 e. The third-order valence-corrected chi connectivity index (χ3v) is 1.94. The van der Waals surface area contributed by atoms with Gasteiger partial charge in [0.2, 0.25) is 0 Å². The zero-order valence-corrected chi connectivity index (χ0v) is 7.57. The standard InChI is InChI=1S/C9H9FOS/c1-6(11)5-7-8(10)3-2-4-9(7)12/h2-4,12H,5H2,1H3. The Balaban J connectivity index is 3.04. The summed E-state index contributed by atoms with van der Waals surface area (Å²) in [4.78, 5) is 11.2. The van der Waals surface area contributed by atoms with Crippen LogP contribution in [0.3, 0.4) is 0 Å². The summed E-state index contributed by atoms with van der Waals surface area (Å²) in [6, 6.07) is 4.57. The molecule has 12 heavy (non-hydrogen) atoms. The molecule has 0 aliphatic rings. The van der Waals surface area contributed by atoms with E-state index in [1.807, 2.05) is 0 Å². The number of benzene rings is 1. The first-order valence-electron chi connectivity index (χ1n) is 3.57. The fourth-order valence-corrected chi connectivity index (χ4v) is 1.24. The molecule has 0 bridgehead atoms. The highest BCUT2D eigenvalue weighted by molar-refractivity contribution is 7.80. The lowest BCUT2D eigenvalue weighted by Crippen LogP contribution is -2.00. The van der Waals surface area contributed by atoms with Crippen molar-refractivity contribution in [3.8, 4) is 0 Å². The van der Waals surface area contributed by atoms with Gasteiger partial charge in [0.15, 0.2) is 0 Å². The molecule has 1 rings (SSSR count). The summed E-state index contributed by atoms with van der Waals surface area (Å²) >= 11 is 4.05. The molecular weight excluding hydrogens is 175 g/mol. The second-order valence-electron chi connectivity index (χ2n) is 2.62. The van der Waals surface area contributed by atoms with Crippen molar-refractivity contribution < 1.29 is 9.18 Å². The predicted molar refractivity (Wildman–Crippen MR) is 48.0 cm³/mol. The summed E-state index contributed by atoms with van der Waals surface area (Å²) in [5.41, 5.74) is 0.383. The number of halogens is 1. The van der Waals surface area contributed by atoms with Crippen LogP contribution in [0, 0.1) is 5.82 Å². The van der Waals surface area contributed by atoms with E-state index < -0.39 is 0 Å². The van der Waals surface area contributed by atoms with Gasteiger partial charge >= 0.3 is 0 Å². The van der Waals surface area contributed by atoms with Gasteiger partial charge in [-0.05, 0) is 19.1 Å². The van der Waals surface area contributed by atoms with Crippen LogP contribution in [0.1, 0.15) is 12.5 Å². The maximum absolute atomic E-state index is 13.0. The molecule has 0 saturated carbocycles. The van der Waals surface area contributed by atoms with Crippen molar-refractivity contribution in [1.82, 2.24) is 0 Å². The number of thiol groups is 1. The molecule has 0 aliphatic heterocycles. The molecule has 64 valence electrons. The van der Waals surface area contributed by atoms with Crippen molar-refractivity contribution >= 4 is 18.4 Å². The van der Waals surface area contributed by atoms with Crippen molar-refractivity contribution in [2.75, 3.05) is 0 Å². The molecule has 1 aromatic carbocycles. The molecule has 0 saturated heterocycles. The van der Waals surface area contributed by atoms with Gasteiger partial charge in [0.1, 0.15) is 11.6 Å². The van der Waals surface area contributed by atoms with Crippen molar-refractivity contribution in [3.05, 3.63) is 29.6 Å². The Morgan fingerprint density at radius 3 is 2.75 bits per heavy atom. The van der Waals surface area contributed by atoms with Gasteiger partial charge in [0.25, 0.3) is 0 Å². The van der Waals surface area contributed by atoms with E-state index in [1.165, 1.54) is 13.0 Å². The van der Waals surface area contributed by atoms with Gasteiger partial charge in [-0.15, -0.1) is 12.6 Å². The lowest BCUT2D eigenvalue weighted by Gasteiger charge is -2.02. The Bertz CT molecular complexity index is 289. The number of hydrogen-bond acceptors (Lipinski definition) is 2. The van der Waals surface area contributed by atoms with Gasteiger partial charge in [-0.1, -0.05) is 6.07 Å². The average molecular weight is 184 g/mol. The van der Waals surface area contributed by atoms with E-state index in [0.717, 1.165) is 0 Å². The number of carbonyl (C=O) groups excluding carboxylic acids is 1. The molecule has 0 spiro atoms. The molecule has 0 radical (unpaired) electrons. The summed E-state index contributed by atoms with van der Waals surface area (Å²) in [5, 5.41) is 0. The third kappa shape index (κ3) is 2.08. The molecule has 0 N–H and O–H groups in total. The first-order valence-corrected chi connectivity index (χ1v) is 4.02. The fraction of sp³-hybridized carbons (Fsp3) is 0.222. The van der Waals surface area contributed by atoms with Crippen LogP contribution in [0.2, 0.25) is 0 Å². The molecule has 0 amide bonds. The molecule has 3 heteroatoms. The van der Waals surface area contributed by atoms with Crippen molar-refractivity contribution in [2.24, 2.45) is 0 Å². The molecule has 1 aromatic rings. The molecule has 0 unspecified atom stereocenters. The van der Waals surface area contributed by atoms with E-state index in [4.69, 9.17) is 0 Å². The van der Waals surface area contributed by atoms with E-state index in [0.29, 0.717) is 10.5 Å². The highest BCUT2D eigenvalue weighted by Crippen LogP contribution is 2.17. The van der Waals surface area contributed by atoms with Crippen LogP contribution in [-0.4, -0.2) is 5.78 Å². The van der Waals surface area contributed by atoms with Gasteiger partial charge in [-0.2, -0.15) is 0 Å². The zero-order chi connectivity index (χ0) is 9.14. The quantitative estimate of drug-likeness (QED) is 0.697. The van der Waals surface area contributed by atoms with E-state index >= 15 is 0 Å². The monoisotopic (exact) mass is 184 g/mol. The van der Waals surface area contributed by atoms with Crippen LogP contribution in [0.25, 0.3) is 0 Å². The van der Waals surface area contributed by atoms with Gasteiger partial charge in [0, 0.05) is 16.9 Å². The van der Waals surface area contributed by atoms with E-state index in [-0.39, 0.29) is 18.0 Å². The molecule has 0 atom stereocenters. The van der Waals surface area contributed by atoms with Crippen LogP contribution in [-0.2, 0) is 11.2 Å². The maximum Gasteiger partial charge on any atom is 0.134 e. The van der Waals surface area contributed by atoms with Crippen molar-refractivity contribution in [3.63, 3.8) is 0 Å². The molecule has 0 aromatic heterocycles. The van der Waals surface area contributed by atoms with Crippen LogP contribution in [0.15, 0.2) is 23.1 Å². The predicted octanol–water partition coefficient (Wildman–Crippen LogP) is 2.25. The third-order valence-electron chi connectivity index (χ3n) is 1.52. The fourth-order valence-electron chi connectivity index (χ4n) is 0.971. The minimum absolute atomic E-state index is 0.0598. The number of rotatable bonds is 2. The highest BCUT2D eigenvalue weighted by atomic mass is 32.1. The topological polar surface area (TPSA) is 17.1 Å². The Kier molecular flexibility index (Phi) is 2.87. The zero-order valence-electron chi connectivity index (χ0n) is 6.67. The maximum atomic E-state index is 13.0. The SMILES string of the molecule is CC(=O)Cc1c(F)cccc1S. The Morgan fingerprint density at radius 2 is 2.25 bits per heavy atom. The lowest BCUT2D eigenvalue weighted by molar-refractivity contribution is -0.116. The van der Waals surface area contributed by atoms with Crippen LogP contribution >= 0.6 is 12.6 Å². The van der Waals surface area contributed by atoms with Crippen LogP contribution in [0.4, 0.5) is 4.39 Å². The van der Waals surface area contributed by atoms with Crippen LogP contribution < -0.4 is 0 Å². The number of carbonyl (C=O) groups is 1. The minimum atomic E-state index is -0.363. The average Bonchev–Trinajstić information content (AvgIpc) is 1.97. The number of hydrogen-bond donors (Lipinski definition) is 1. The van der Waals surface area contributed by atoms with Gasteiger partial charge < -0.3 is 0 Å². The Morgan fingerprint density at radius 1 is 1.58 bits per heavy atom. The van der Waals surface area contributed by atoms with Gasteiger partial charge in [0.05, 0.1) is 0 Å². The molecule has 0 fully saturated rings. The lowest BCUT2D eigenvalue weighted by atomic mass is 10.1. The molecule has 0 aliphatic carbocycles. The summed E-state index contributed by atoms with van der Waals surface area (Å²) < 4.78 is 13.0. The number of Topliss-reactive ketones (excluding diaryl/α,β-unsaturated/α-hetero) is 1. The van der Waals surface area contributed by atoms with Crippen molar-refractivity contribution in [1.29, 1.82) is 0 Å². The second kappa shape index (κ2) is 3.72.